The number of carbonyl (C=O) groups excluding carboxylic acids is 2. The summed E-state index contributed by atoms with van der Waals surface area (Å²) < 4.78 is 3.85. The summed E-state index contributed by atoms with van der Waals surface area (Å²) in [6.45, 7) is 0.325. The normalized spacial score (nSPS) is 28.3. The number of cyclic esters (lactones) is 1. The van der Waals surface area contributed by atoms with E-state index in [1.807, 2.05) is 0 Å². The fraction of sp³-hybridized carbons (Fsp3) is 0.300. The predicted molar refractivity (Wildman–Crippen MR) is 52.7 cm³/mol. The first-order chi connectivity index (χ1) is 7.24. The van der Waals surface area contributed by atoms with Gasteiger partial charge >= 0.3 is 5.97 Å². The molecule has 3 rings (SSSR count). The Balaban J connectivity index is 2.14. The molecular formula is C10H7NO3S. The number of pyridine rings is 1. The molecule has 1 aromatic rings. The van der Waals surface area contributed by atoms with Gasteiger partial charge in [-0.1, -0.05) is 11.8 Å². The Morgan fingerprint density at radius 3 is 3.00 bits per heavy atom. The summed E-state index contributed by atoms with van der Waals surface area (Å²) in [5.41, 5.74) is 0.543. The number of hydrogen-bond acceptors (Lipinski definition) is 5. The third kappa shape index (κ3) is 1.01. The molecule has 0 amide bonds. The first kappa shape index (κ1) is 8.91. The lowest BCUT2D eigenvalue weighted by atomic mass is 9.97. The maximum Gasteiger partial charge on any atom is 0.330 e. The number of ketones is 1. The summed E-state index contributed by atoms with van der Waals surface area (Å²) in [6.07, 6.45) is 2.07. The summed E-state index contributed by atoms with van der Waals surface area (Å²) in [5.74, 6) is -0.575. The van der Waals surface area contributed by atoms with Gasteiger partial charge in [-0.15, -0.1) is 0 Å². The monoisotopic (exact) mass is 221 g/mol. The minimum Gasteiger partial charge on any atom is -0.464 e. The van der Waals surface area contributed by atoms with Gasteiger partial charge in [-0.25, -0.2) is 4.98 Å². The lowest BCUT2D eigenvalue weighted by molar-refractivity contribution is -0.138. The second-order valence-electron chi connectivity index (χ2n) is 3.50. The predicted octanol–water partition coefficient (Wildman–Crippen LogP) is 1.06. The molecule has 1 spiro atoms. The molecule has 2 aliphatic rings. The molecule has 0 saturated carbocycles. The van der Waals surface area contributed by atoms with Crippen molar-refractivity contribution in [1.82, 2.24) is 4.98 Å². The summed E-state index contributed by atoms with van der Waals surface area (Å²) in [7, 11) is 0. The topological polar surface area (TPSA) is 56.3 Å². The summed E-state index contributed by atoms with van der Waals surface area (Å²) in [6, 6.07) is 3.41. The number of hydrogen-bond donors (Lipinski definition) is 0. The van der Waals surface area contributed by atoms with Crippen molar-refractivity contribution in [2.45, 2.75) is 16.2 Å². The Bertz CT molecular complexity index is 473. The van der Waals surface area contributed by atoms with Crippen LogP contribution in [-0.4, -0.2) is 28.1 Å². The maximum atomic E-state index is 12.1. The maximum absolute atomic E-state index is 12.1. The first-order valence-electron chi connectivity index (χ1n) is 4.60. The number of fused-ring (bicyclic) bond motifs is 1. The number of carbonyl (C=O) groups is 2. The van der Waals surface area contributed by atoms with E-state index < -0.39 is 10.7 Å². The highest BCUT2D eigenvalue weighted by atomic mass is 32.2. The van der Waals surface area contributed by atoms with E-state index in [2.05, 4.69) is 4.98 Å². The van der Waals surface area contributed by atoms with E-state index in [1.54, 1.807) is 18.3 Å². The van der Waals surface area contributed by atoms with E-state index in [-0.39, 0.29) is 5.78 Å². The Kier molecular flexibility index (Phi) is 1.68. The Morgan fingerprint density at radius 2 is 2.33 bits per heavy atom. The van der Waals surface area contributed by atoms with Crippen molar-refractivity contribution in [3.8, 4) is 0 Å². The molecule has 0 aliphatic carbocycles. The zero-order valence-corrected chi connectivity index (χ0v) is 8.54. The van der Waals surface area contributed by atoms with Crippen LogP contribution in [0.3, 0.4) is 0 Å². The van der Waals surface area contributed by atoms with Crippen LogP contribution in [0.2, 0.25) is 0 Å². The van der Waals surface area contributed by atoms with Crippen LogP contribution < -0.4 is 0 Å². The van der Waals surface area contributed by atoms with Gasteiger partial charge < -0.3 is 4.74 Å². The standard InChI is InChI=1S/C10H7NO3S/c12-7-6-2-1-4-11-8(6)15-10(7)3-5-14-9(10)13/h1-2,4H,3,5H2. The van der Waals surface area contributed by atoms with E-state index in [9.17, 15) is 9.59 Å². The van der Waals surface area contributed by atoms with Gasteiger partial charge in [0.2, 0.25) is 0 Å². The molecule has 1 atom stereocenters. The highest BCUT2D eigenvalue weighted by molar-refractivity contribution is 8.02. The van der Waals surface area contributed by atoms with E-state index in [0.29, 0.717) is 23.6 Å². The summed E-state index contributed by atoms with van der Waals surface area (Å²) in [4.78, 5) is 27.8. The number of rotatable bonds is 0. The molecule has 0 N–H and O–H groups in total. The Hall–Kier alpha value is -1.36. The average molecular weight is 221 g/mol. The van der Waals surface area contributed by atoms with Gasteiger partial charge in [0.15, 0.2) is 10.5 Å². The zero-order chi connectivity index (χ0) is 10.5. The van der Waals surface area contributed by atoms with Crippen molar-refractivity contribution in [2.75, 3.05) is 6.61 Å². The van der Waals surface area contributed by atoms with Crippen LogP contribution >= 0.6 is 11.8 Å². The summed E-state index contributed by atoms with van der Waals surface area (Å²) in [5, 5.41) is 0.640. The molecule has 0 aromatic carbocycles. The van der Waals surface area contributed by atoms with Crippen molar-refractivity contribution in [3.63, 3.8) is 0 Å². The van der Waals surface area contributed by atoms with Crippen LogP contribution in [0.5, 0.6) is 0 Å². The summed E-state index contributed by atoms with van der Waals surface area (Å²) >= 11 is 1.23. The molecule has 76 valence electrons. The second kappa shape index (κ2) is 2.82. The number of Topliss-reactive ketones (excluding diaryl/α,β-unsaturated/α-hetero) is 1. The van der Waals surface area contributed by atoms with Crippen molar-refractivity contribution < 1.29 is 14.3 Å². The number of ether oxygens (including phenoxy) is 1. The van der Waals surface area contributed by atoms with Gasteiger partial charge in [0.25, 0.3) is 0 Å². The first-order valence-corrected chi connectivity index (χ1v) is 5.42. The van der Waals surface area contributed by atoms with Gasteiger partial charge in [-0.3, -0.25) is 9.59 Å². The minimum atomic E-state index is -1.03. The van der Waals surface area contributed by atoms with Crippen molar-refractivity contribution >= 4 is 23.5 Å². The minimum absolute atomic E-state index is 0.155. The molecule has 2 aliphatic heterocycles. The fourth-order valence-electron chi connectivity index (χ4n) is 1.88. The number of aromatic nitrogens is 1. The molecule has 0 bridgehead atoms. The van der Waals surface area contributed by atoms with Gasteiger partial charge in [0, 0.05) is 12.6 Å². The van der Waals surface area contributed by atoms with E-state index >= 15 is 0 Å². The second-order valence-corrected chi connectivity index (χ2v) is 4.79. The third-order valence-electron chi connectivity index (χ3n) is 2.67. The van der Waals surface area contributed by atoms with Crippen molar-refractivity contribution in [1.29, 1.82) is 0 Å². The molecule has 3 heterocycles. The van der Waals surface area contributed by atoms with E-state index in [0.717, 1.165) is 0 Å². The van der Waals surface area contributed by atoms with Crippen LogP contribution in [-0.2, 0) is 9.53 Å². The van der Waals surface area contributed by atoms with Gasteiger partial charge in [0.05, 0.1) is 12.2 Å². The van der Waals surface area contributed by atoms with Crippen LogP contribution in [0, 0.1) is 0 Å². The lowest BCUT2D eigenvalue weighted by Gasteiger charge is -2.12. The smallest absolute Gasteiger partial charge is 0.330 e. The average Bonchev–Trinajstić information content (AvgIpc) is 2.74. The molecule has 1 fully saturated rings. The van der Waals surface area contributed by atoms with Gasteiger partial charge in [0.1, 0.15) is 5.03 Å². The van der Waals surface area contributed by atoms with E-state index in [1.165, 1.54) is 11.8 Å². The molecule has 4 nitrogen and oxygen atoms in total. The number of thioether (sulfide) groups is 1. The highest BCUT2D eigenvalue weighted by Crippen LogP contribution is 2.48. The van der Waals surface area contributed by atoms with Crippen LogP contribution in [0.4, 0.5) is 0 Å². The lowest BCUT2D eigenvalue weighted by Crippen LogP contribution is -2.36. The third-order valence-corrected chi connectivity index (χ3v) is 4.09. The molecule has 1 aromatic heterocycles. The quantitative estimate of drug-likeness (QED) is 0.484. The molecule has 5 heteroatoms. The van der Waals surface area contributed by atoms with Crippen LogP contribution in [0.15, 0.2) is 23.4 Å². The molecule has 1 saturated heterocycles. The van der Waals surface area contributed by atoms with Crippen molar-refractivity contribution in [3.05, 3.63) is 23.9 Å². The largest absolute Gasteiger partial charge is 0.464 e. The van der Waals surface area contributed by atoms with Crippen molar-refractivity contribution in [2.24, 2.45) is 0 Å². The molecule has 15 heavy (non-hydrogen) atoms. The van der Waals surface area contributed by atoms with Gasteiger partial charge in [-0.2, -0.15) is 0 Å². The Labute approximate surface area is 90.0 Å². The highest BCUT2D eigenvalue weighted by Gasteiger charge is 2.57. The number of esters is 1. The molecule has 1 unspecified atom stereocenters. The SMILES string of the molecule is O=C1OCCC12Sc1ncccc1C2=O. The Morgan fingerprint density at radius 1 is 1.47 bits per heavy atom. The number of nitrogens with zero attached hydrogens (tertiary/aromatic N) is 1. The van der Waals surface area contributed by atoms with Crippen LogP contribution in [0.1, 0.15) is 16.8 Å². The molecule has 0 radical (unpaired) electrons. The fourth-order valence-corrected chi connectivity index (χ4v) is 3.12. The van der Waals surface area contributed by atoms with Crippen LogP contribution in [0.25, 0.3) is 0 Å². The molecular weight excluding hydrogens is 214 g/mol. The van der Waals surface area contributed by atoms with E-state index in [4.69, 9.17) is 4.74 Å². The zero-order valence-electron chi connectivity index (χ0n) is 7.73. The van der Waals surface area contributed by atoms with Gasteiger partial charge in [-0.05, 0) is 12.1 Å².